The van der Waals surface area contributed by atoms with Crippen molar-refractivity contribution in [2.24, 2.45) is 0 Å². The summed E-state index contributed by atoms with van der Waals surface area (Å²) >= 11 is 0. The summed E-state index contributed by atoms with van der Waals surface area (Å²) in [7, 11) is 0. The number of nitrogens with zero attached hydrogens (tertiary/aromatic N) is 1. The second-order valence-corrected chi connectivity index (χ2v) is 4.33. The lowest BCUT2D eigenvalue weighted by Crippen LogP contribution is -2.60. The molecule has 2 heterocycles. The number of hydrogen-bond donors (Lipinski definition) is 1. The van der Waals surface area contributed by atoms with Crippen molar-refractivity contribution in [3.05, 3.63) is 35.9 Å². The first-order chi connectivity index (χ1) is 6.93. The smallest absolute Gasteiger partial charge is 0.0352 e. The molecule has 0 aliphatic carbocycles. The van der Waals surface area contributed by atoms with E-state index in [9.17, 15) is 0 Å². The Morgan fingerprint density at radius 3 is 2.93 bits per heavy atom. The van der Waals surface area contributed by atoms with Crippen LogP contribution in [0.5, 0.6) is 0 Å². The minimum absolute atomic E-state index is 0.790. The van der Waals surface area contributed by atoms with Crippen LogP contribution in [0.15, 0.2) is 30.3 Å². The van der Waals surface area contributed by atoms with E-state index in [0.29, 0.717) is 0 Å². The fourth-order valence-corrected chi connectivity index (χ4v) is 2.63. The summed E-state index contributed by atoms with van der Waals surface area (Å²) in [5, 5.41) is 3.53. The van der Waals surface area contributed by atoms with E-state index in [0.717, 1.165) is 18.6 Å². The van der Waals surface area contributed by atoms with Crippen LogP contribution in [-0.4, -0.2) is 30.1 Å². The van der Waals surface area contributed by atoms with Gasteiger partial charge in [0.25, 0.3) is 0 Å². The van der Waals surface area contributed by atoms with Crippen LogP contribution in [-0.2, 0) is 6.54 Å². The van der Waals surface area contributed by atoms with Gasteiger partial charge in [0, 0.05) is 25.2 Å². The Hall–Kier alpha value is -0.860. The summed E-state index contributed by atoms with van der Waals surface area (Å²) in [6, 6.07) is 12.4. The van der Waals surface area contributed by atoms with Crippen LogP contribution < -0.4 is 5.32 Å². The molecule has 74 valence electrons. The maximum Gasteiger partial charge on any atom is 0.0352 e. The highest BCUT2D eigenvalue weighted by Crippen LogP contribution is 2.27. The van der Waals surface area contributed by atoms with Gasteiger partial charge in [-0.2, -0.15) is 0 Å². The van der Waals surface area contributed by atoms with Crippen molar-refractivity contribution in [1.29, 1.82) is 0 Å². The van der Waals surface area contributed by atoms with Gasteiger partial charge in [-0.1, -0.05) is 30.3 Å². The Bertz CT molecular complexity index is 309. The van der Waals surface area contributed by atoms with Crippen LogP contribution in [0, 0.1) is 0 Å². The summed E-state index contributed by atoms with van der Waals surface area (Å²) in [6.45, 7) is 3.57. The first kappa shape index (κ1) is 8.45. The molecule has 0 radical (unpaired) electrons. The van der Waals surface area contributed by atoms with Gasteiger partial charge in [-0.25, -0.2) is 0 Å². The number of benzene rings is 1. The van der Waals surface area contributed by atoms with Crippen molar-refractivity contribution in [2.75, 3.05) is 13.1 Å². The van der Waals surface area contributed by atoms with E-state index in [1.165, 1.54) is 25.1 Å². The van der Waals surface area contributed by atoms with Gasteiger partial charge in [0.15, 0.2) is 0 Å². The molecule has 2 nitrogen and oxygen atoms in total. The van der Waals surface area contributed by atoms with Crippen LogP contribution in [0.1, 0.15) is 12.0 Å². The highest BCUT2D eigenvalue weighted by molar-refractivity contribution is 5.16. The summed E-state index contributed by atoms with van der Waals surface area (Å²) in [5.41, 5.74) is 1.44. The summed E-state index contributed by atoms with van der Waals surface area (Å²) in [5.74, 6) is 0. The van der Waals surface area contributed by atoms with E-state index in [-0.39, 0.29) is 0 Å². The highest BCUT2D eigenvalue weighted by Gasteiger charge is 2.41. The fraction of sp³-hybridized carbons (Fsp3) is 0.500. The van der Waals surface area contributed by atoms with Gasteiger partial charge in [0.2, 0.25) is 0 Å². The van der Waals surface area contributed by atoms with Crippen molar-refractivity contribution in [2.45, 2.75) is 25.0 Å². The zero-order valence-electron chi connectivity index (χ0n) is 8.32. The molecule has 0 spiro atoms. The zero-order chi connectivity index (χ0) is 9.38. The molecule has 1 N–H and O–H groups in total. The van der Waals surface area contributed by atoms with E-state index in [2.05, 4.69) is 40.5 Å². The molecule has 3 rings (SSSR count). The SMILES string of the molecule is c1ccc(CN2CC3NCCC32)cc1. The molecule has 1 aromatic rings. The third kappa shape index (κ3) is 1.35. The van der Waals surface area contributed by atoms with E-state index in [4.69, 9.17) is 0 Å². The Morgan fingerprint density at radius 1 is 1.29 bits per heavy atom. The van der Waals surface area contributed by atoms with Crippen LogP contribution in [0.2, 0.25) is 0 Å². The number of rotatable bonds is 2. The van der Waals surface area contributed by atoms with Gasteiger partial charge in [-0.05, 0) is 18.5 Å². The fourth-order valence-electron chi connectivity index (χ4n) is 2.63. The summed E-state index contributed by atoms with van der Waals surface area (Å²) in [6.07, 6.45) is 1.33. The minimum atomic E-state index is 0.790. The first-order valence-corrected chi connectivity index (χ1v) is 5.45. The van der Waals surface area contributed by atoms with Crippen LogP contribution in [0.25, 0.3) is 0 Å². The maximum atomic E-state index is 3.53. The van der Waals surface area contributed by atoms with E-state index >= 15 is 0 Å². The molecule has 0 bridgehead atoms. The third-order valence-electron chi connectivity index (χ3n) is 3.44. The molecular weight excluding hydrogens is 172 g/mol. The Labute approximate surface area is 84.9 Å². The number of fused-ring (bicyclic) bond motifs is 1. The molecule has 2 saturated heterocycles. The van der Waals surface area contributed by atoms with Gasteiger partial charge >= 0.3 is 0 Å². The van der Waals surface area contributed by atoms with E-state index < -0.39 is 0 Å². The van der Waals surface area contributed by atoms with Gasteiger partial charge in [-0.3, -0.25) is 4.90 Å². The van der Waals surface area contributed by atoms with Crippen molar-refractivity contribution in [3.63, 3.8) is 0 Å². The molecule has 2 unspecified atom stereocenters. The molecule has 2 aliphatic heterocycles. The van der Waals surface area contributed by atoms with Gasteiger partial charge < -0.3 is 5.32 Å². The molecule has 2 fully saturated rings. The second kappa shape index (κ2) is 3.37. The Balaban J connectivity index is 1.64. The van der Waals surface area contributed by atoms with E-state index in [1.807, 2.05) is 0 Å². The lowest BCUT2D eigenvalue weighted by Gasteiger charge is -2.44. The number of likely N-dealkylation sites (tertiary alicyclic amines) is 1. The predicted molar refractivity (Wildman–Crippen MR) is 57.0 cm³/mol. The molecule has 2 heteroatoms. The first-order valence-electron chi connectivity index (χ1n) is 5.45. The summed E-state index contributed by atoms with van der Waals surface area (Å²) < 4.78 is 0. The quantitative estimate of drug-likeness (QED) is 0.751. The monoisotopic (exact) mass is 188 g/mol. The average Bonchev–Trinajstić information content (AvgIpc) is 2.58. The lowest BCUT2D eigenvalue weighted by atomic mass is 9.97. The van der Waals surface area contributed by atoms with Crippen LogP contribution in [0.4, 0.5) is 0 Å². The Morgan fingerprint density at radius 2 is 2.14 bits per heavy atom. The van der Waals surface area contributed by atoms with Crippen molar-refractivity contribution in [1.82, 2.24) is 10.2 Å². The van der Waals surface area contributed by atoms with E-state index in [1.54, 1.807) is 0 Å². The zero-order valence-corrected chi connectivity index (χ0v) is 8.32. The molecule has 0 amide bonds. The summed E-state index contributed by atoms with van der Waals surface area (Å²) in [4.78, 5) is 2.58. The molecule has 14 heavy (non-hydrogen) atoms. The van der Waals surface area contributed by atoms with Gasteiger partial charge in [-0.15, -0.1) is 0 Å². The minimum Gasteiger partial charge on any atom is -0.311 e. The van der Waals surface area contributed by atoms with Crippen LogP contribution in [0.3, 0.4) is 0 Å². The van der Waals surface area contributed by atoms with Gasteiger partial charge in [0.05, 0.1) is 0 Å². The molecular formula is C12H16N2. The average molecular weight is 188 g/mol. The topological polar surface area (TPSA) is 15.3 Å². The normalized spacial score (nSPS) is 31.1. The second-order valence-electron chi connectivity index (χ2n) is 4.33. The van der Waals surface area contributed by atoms with Crippen molar-refractivity contribution >= 4 is 0 Å². The largest absolute Gasteiger partial charge is 0.311 e. The third-order valence-corrected chi connectivity index (χ3v) is 3.44. The van der Waals surface area contributed by atoms with Crippen molar-refractivity contribution in [3.8, 4) is 0 Å². The van der Waals surface area contributed by atoms with Crippen LogP contribution >= 0.6 is 0 Å². The molecule has 0 saturated carbocycles. The highest BCUT2D eigenvalue weighted by atomic mass is 15.3. The molecule has 0 aromatic heterocycles. The molecule has 2 aliphatic rings. The predicted octanol–water partition coefficient (Wildman–Crippen LogP) is 1.23. The maximum absolute atomic E-state index is 3.53. The molecule has 2 atom stereocenters. The van der Waals surface area contributed by atoms with Crippen molar-refractivity contribution < 1.29 is 0 Å². The molecule has 1 aromatic carbocycles. The number of nitrogens with one attached hydrogen (secondary N) is 1. The Kier molecular flexibility index (Phi) is 2.03. The van der Waals surface area contributed by atoms with Gasteiger partial charge in [0.1, 0.15) is 0 Å². The number of hydrogen-bond acceptors (Lipinski definition) is 2. The standard InChI is InChI=1S/C12H16N2/c1-2-4-10(5-3-1)8-14-9-11-12(14)6-7-13-11/h1-5,11-13H,6-9H2. The lowest BCUT2D eigenvalue weighted by molar-refractivity contribution is 0.0653.